The highest BCUT2D eigenvalue weighted by atomic mass is 19.1. The molecule has 7 heteroatoms. The maximum Gasteiger partial charge on any atom is 0.255 e. The van der Waals surface area contributed by atoms with E-state index in [-0.39, 0.29) is 17.1 Å². The van der Waals surface area contributed by atoms with Crippen molar-refractivity contribution in [2.24, 2.45) is 0 Å². The van der Waals surface area contributed by atoms with Crippen molar-refractivity contribution >= 4 is 23.1 Å². The molecule has 3 rings (SSSR count). The van der Waals surface area contributed by atoms with E-state index in [4.69, 9.17) is 5.26 Å². The predicted molar refractivity (Wildman–Crippen MR) is 93.0 cm³/mol. The molecule has 0 spiro atoms. The SMILES string of the molecule is N#Cc1ccccc1NC(=O)c1ccnc(Nc2ccc(F)cc2F)c1. The highest BCUT2D eigenvalue weighted by Crippen LogP contribution is 2.21. The van der Waals surface area contributed by atoms with Crippen LogP contribution >= 0.6 is 0 Å². The van der Waals surface area contributed by atoms with E-state index in [9.17, 15) is 13.6 Å². The molecule has 0 radical (unpaired) electrons. The molecular formula is C19H12F2N4O. The number of hydrogen-bond donors (Lipinski definition) is 2. The molecule has 0 atom stereocenters. The summed E-state index contributed by atoms with van der Waals surface area (Å²) in [6.07, 6.45) is 1.38. The maximum atomic E-state index is 13.7. The third-order valence-corrected chi connectivity index (χ3v) is 3.51. The van der Waals surface area contributed by atoms with Crippen LogP contribution in [0.2, 0.25) is 0 Å². The van der Waals surface area contributed by atoms with Gasteiger partial charge in [-0.15, -0.1) is 0 Å². The Kier molecular flexibility index (Phi) is 4.85. The van der Waals surface area contributed by atoms with Crippen LogP contribution in [0.4, 0.5) is 26.0 Å². The van der Waals surface area contributed by atoms with Crippen molar-refractivity contribution in [3.05, 3.63) is 83.6 Å². The summed E-state index contributed by atoms with van der Waals surface area (Å²) in [5.74, 6) is -1.69. The number of halogens is 2. The quantitative estimate of drug-likeness (QED) is 0.738. The van der Waals surface area contributed by atoms with Crippen molar-refractivity contribution in [1.29, 1.82) is 5.26 Å². The van der Waals surface area contributed by atoms with Gasteiger partial charge in [0.25, 0.3) is 5.91 Å². The fourth-order valence-corrected chi connectivity index (χ4v) is 2.25. The zero-order valence-electron chi connectivity index (χ0n) is 13.3. The first kappa shape index (κ1) is 17.0. The summed E-state index contributed by atoms with van der Waals surface area (Å²) in [6, 6.07) is 14.6. The molecule has 2 N–H and O–H groups in total. The number of nitriles is 1. The Morgan fingerprint density at radius 2 is 1.85 bits per heavy atom. The predicted octanol–water partition coefficient (Wildman–Crippen LogP) is 4.23. The molecule has 0 bridgehead atoms. The van der Waals surface area contributed by atoms with Gasteiger partial charge in [0.2, 0.25) is 0 Å². The molecule has 0 saturated carbocycles. The third-order valence-electron chi connectivity index (χ3n) is 3.51. The van der Waals surface area contributed by atoms with Crippen molar-refractivity contribution in [3.8, 4) is 6.07 Å². The first-order valence-corrected chi connectivity index (χ1v) is 7.55. The Morgan fingerprint density at radius 1 is 1.04 bits per heavy atom. The van der Waals surface area contributed by atoms with Gasteiger partial charge in [0.1, 0.15) is 23.5 Å². The van der Waals surface area contributed by atoms with E-state index in [1.807, 2.05) is 6.07 Å². The van der Waals surface area contributed by atoms with E-state index >= 15 is 0 Å². The Labute approximate surface area is 147 Å². The lowest BCUT2D eigenvalue weighted by Crippen LogP contribution is -2.13. The number of hydrogen-bond acceptors (Lipinski definition) is 4. The molecule has 0 saturated heterocycles. The summed E-state index contributed by atoms with van der Waals surface area (Å²) in [6.45, 7) is 0. The molecule has 1 aromatic heterocycles. The van der Waals surface area contributed by atoms with Crippen molar-refractivity contribution in [1.82, 2.24) is 4.98 Å². The van der Waals surface area contributed by atoms with Crippen LogP contribution in [0.1, 0.15) is 15.9 Å². The van der Waals surface area contributed by atoms with Gasteiger partial charge < -0.3 is 10.6 Å². The fourth-order valence-electron chi connectivity index (χ4n) is 2.25. The van der Waals surface area contributed by atoms with E-state index < -0.39 is 17.5 Å². The second-order valence-corrected chi connectivity index (χ2v) is 5.29. The summed E-state index contributed by atoms with van der Waals surface area (Å²) in [4.78, 5) is 16.4. The molecule has 128 valence electrons. The molecule has 0 aliphatic carbocycles. The topological polar surface area (TPSA) is 77.8 Å². The highest BCUT2D eigenvalue weighted by Gasteiger charge is 2.11. The van der Waals surface area contributed by atoms with Crippen LogP contribution in [0.5, 0.6) is 0 Å². The monoisotopic (exact) mass is 350 g/mol. The van der Waals surface area contributed by atoms with Gasteiger partial charge in [0.15, 0.2) is 0 Å². The molecule has 2 aromatic carbocycles. The first-order chi connectivity index (χ1) is 12.6. The minimum absolute atomic E-state index is 0.0336. The molecule has 3 aromatic rings. The smallest absolute Gasteiger partial charge is 0.255 e. The Bertz CT molecular complexity index is 1010. The number of pyridine rings is 1. The molecule has 26 heavy (non-hydrogen) atoms. The van der Waals surface area contributed by atoms with Gasteiger partial charge in [-0.25, -0.2) is 13.8 Å². The number of anilines is 3. The first-order valence-electron chi connectivity index (χ1n) is 7.55. The van der Waals surface area contributed by atoms with E-state index in [2.05, 4.69) is 15.6 Å². The largest absolute Gasteiger partial charge is 0.338 e. The lowest BCUT2D eigenvalue weighted by molar-refractivity contribution is 0.102. The van der Waals surface area contributed by atoms with Crippen LogP contribution < -0.4 is 10.6 Å². The molecular weight excluding hydrogens is 338 g/mol. The Hall–Kier alpha value is -3.79. The second kappa shape index (κ2) is 7.40. The Morgan fingerprint density at radius 3 is 2.62 bits per heavy atom. The standard InChI is InChI=1S/C19H12F2N4O/c20-14-5-6-17(15(21)10-14)24-18-9-12(7-8-23-18)19(26)25-16-4-2-1-3-13(16)11-22/h1-10H,(H,23,24)(H,25,26). The van der Waals surface area contributed by atoms with Crippen molar-refractivity contribution in [2.45, 2.75) is 0 Å². The highest BCUT2D eigenvalue weighted by molar-refractivity contribution is 6.05. The van der Waals surface area contributed by atoms with E-state index in [1.54, 1.807) is 24.3 Å². The molecule has 0 unspecified atom stereocenters. The number of para-hydroxylation sites is 1. The molecule has 1 amide bonds. The number of carbonyl (C=O) groups excluding carboxylic acids is 1. The second-order valence-electron chi connectivity index (χ2n) is 5.29. The molecule has 1 heterocycles. The fraction of sp³-hybridized carbons (Fsp3) is 0. The number of carbonyl (C=O) groups is 1. The lowest BCUT2D eigenvalue weighted by atomic mass is 10.1. The normalized spacial score (nSPS) is 10.0. The molecule has 0 aliphatic heterocycles. The average molecular weight is 350 g/mol. The summed E-state index contributed by atoms with van der Waals surface area (Å²) < 4.78 is 26.7. The van der Waals surface area contributed by atoms with Crippen LogP contribution in [0, 0.1) is 23.0 Å². The minimum atomic E-state index is -0.774. The minimum Gasteiger partial charge on any atom is -0.338 e. The van der Waals surface area contributed by atoms with Crippen LogP contribution in [0.15, 0.2) is 60.8 Å². The van der Waals surface area contributed by atoms with Gasteiger partial charge in [-0.1, -0.05) is 12.1 Å². The molecule has 0 aliphatic rings. The summed E-state index contributed by atoms with van der Waals surface area (Å²) >= 11 is 0. The maximum absolute atomic E-state index is 13.7. The van der Waals surface area contributed by atoms with E-state index in [0.29, 0.717) is 11.3 Å². The number of amides is 1. The van der Waals surface area contributed by atoms with Crippen LogP contribution in [0.25, 0.3) is 0 Å². The number of benzene rings is 2. The van der Waals surface area contributed by atoms with Crippen LogP contribution in [-0.4, -0.2) is 10.9 Å². The number of rotatable bonds is 4. The van der Waals surface area contributed by atoms with Crippen molar-refractivity contribution in [3.63, 3.8) is 0 Å². The summed E-state index contributed by atoms with van der Waals surface area (Å²) in [7, 11) is 0. The lowest BCUT2D eigenvalue weighted by Gasteiger charge is -2.10. The van der Waals surface area contributed by atoms with Crippen molar-refractivity contribution < 1.29 is 13.6 Å². The van der Waals surface area contributed by atoms with E-state index in [1.165, 1.54) is 24.4 Å². The summed E-state index contributed by atoms with van der Waals surface area (Å²) in [5.41, 5.74) is 1.02. The van der Waals surface area contributed by atoms with Crippen LogP contribution in [-0.2, 0) is 0 Å². The van der Waals surface area contributed by atoms with Gasteiger partial charge in [0, 0.05) is 17.8 Å². The number of aromatic nitrogens is 1. The number of nitrogens with one attached hydrogen (secondary N) is 2. The van der Waals surface area contributed by atoms with E-state index in [0.717, 1.165) is 12.1 Å². The van der Waals surface area contributed by atoms with Crippen molar-refractivity contribution in [2.75, 3.05) is 10.6 Å². The zero-order valence-corrected chi connectivity index (χ0v) is 13.3. The zero-order chi connectivity index (χ0) is 18.5. The summed E-state index contributed by atoms with van der Waals surface area (Å²) in [5, 5.41) is 14.4. The Balaban J connectivity index is 1.80. The van der Waals surface area contributed by atoms with Gasteiger partial charge in [-0.05, 0) is 36.4 Å². The van der Waals surface area contributed by atoms with Gasteiger partial charge in [-0.3, -0.25) is 4.79 Å². The van der Waals surface area contributed by atoms with Gasteiger partial charge in [0.05, 0.1) is 16.9 Å². The third kappa shape index (κ3) is 3.82. The molecule has 5 nitrogen and oxygen atoms in total. The van der Waals surface area contributed by atoms with Crippen LogP contribution in [0.3, 0.4) is 0 Å². The number of nitrogens with zero attached hydrogens (tertiary/aromatic N) is 2. The average Bonchev–Trinajstić information content (AvgIpc) is 2.65. The van der Waals surface area contributed by atoms with Gasteiger partial charge >= 0.3 is 0 Å². The van der Waals surface area contributed by atoms with Gasteiger partial charge in [-0.2, -0.15) is 5.26 Å². The molecule has 0 fully saturated rings.